The normalized spacial score (nSPS) is 11.5. The second kappa shape index (κ2) is 7.63. The van der Waals surface area contributed by atoms with Gasteiger partial charge in [-0.1, -0.05) is 23.7 Å². The highest BCUT2D eigenvalue weighted by Crippen LogP contribution is 2.22. The monoisotopic (exact) mass is 285 g/mol. The number of carbonyl (C=O) groups excluding carboxylic acids is 2. The van der Waals surface area contributed by atoms with E-state index in [1.165, 1.54) is 7.11 Å². The Morgan fingerprint density at radius 3 is 2.68 bits per heavy atom. The molecule has 1 aromatic rings. The van der Waals surface area contributed by atoms with Gasteiger partial charge in [0.05, 0.1) is 18.6 Å². The molecular weight excluding hydrogens is 270 g/mol. The van der Waals surface area contributed by atoms with Gasteiger partial charge in [-0.2, -0.15) is 0 Å². The lowest BCUT2D eigenvalue weighted by Gasteiger charge is -2.13. The molecule has 0 aromatic heterocycles. The summed E-state index contributed by atoms with van der Waals surface area (Å²) in [6.07, 6.45) is 0.119. The highest BCUT2D eigenvalue weighted by Gasteiger charge is 2.12. The van der Waals surface area contributed by atoms with Crippen LogP contribution in [0.2, 0.25) is 5.02 Å². The molecule has 1 unspecified atom stereocenters. The number of halogens is 1. The smallest absolute Gasteiger partial charge is 0.307 e. The largest absolute Gasteiger partial charge is 0.482 e. The maximum atomic E-state index is 11.6. The van der Waals surface area contributed by atoms with Gasteiger partial charge in [-0.25, -0.2) is 0 Å². The first-order valence-corrected chi connectivity index (χ1v) is 6.14. The lowest BCUT2D eigenvalue weighted by Crippen LogP contribution is -2.37. The van der Waals surface area contributed by atoms with E-state index in [0.717, 1.165) is 0 Å². The number of rotatable bonds is 6. The van der Waals surface area contributed by atoms with Crippen molar-refractivity contribution in [3.63, 3.8) is 0 Å². The number of hydrogen-bond donors (Lipinski definition) is 1. The Hall–Kier alpha value is -1.75. The molecule has 1 amide bonds. The van der Waals surface area contributed by atoms with Crippen LogP contribution >= 0.6 is 11.6 Å². The number of esters is 1. The van der Waals surface area contributed by atoms with Gasteiger partial charge in [-0.3, -0.25) is 9.59 Å². The van der Waals surface area contributed by atoms with Crippen LogP contribution in [0.25, 0.3) is 0 Å². The Morgan fingerprint density at radius 1 is 1.37 bits per heavy atom. The van der Waals surface area contributed by atoms with Crippen molar-refractivity contribution in [3.8, 4) is 5.75 Å². The Morgan fingerprint density at radius 2 is 2.05 bits per heavy atom. The van der Waals surface area contributed by atoms with Crippen molar-refractivity contribution < 1.29 is 19.1 Å². The minimum atomic E-state index is -0.375. The van der Waals surface area contributed by atoms with Crippen LogP contribution in [0, 0.1) is 0 Å². The molecule has 0 spiro atoms. The molecule has 0 saturated carbocycles. The van der Waals surface area contributed by atoms with Crippen LogP contribution in [-0.4, -0.2) is 31.6 Å². The Bertz CT molecular complexity index is 450. The summed E-state index contributed by atoms with van der Waals surface area (Å²) < 4.78 is 9.78. The third-order valence-corrected chi connectivity index (χ3v) is 2.62. The molecule has 0 aliphatic carbocycles. The molecule has 104 valence electrons. The molecule has 0 radical (unpaired) electrons. The molecule has 0 saturated heterocycles. The van der Waals surface area contributed by atoms with Crippen LogP contribution in [-0.2, 0) is 14.3 Å². The average molecular weight is 286 g/mol. The summed E-state index contributed by atoms with van der Waals surface area (Å²) in [7, 11) is 1.30. The standard InChI is InChI=1S/C13H16ClNO4/c1-9(7-13(17)18-2)15-12(16)8-19-11-6-4-3-5-10(11)14/h3-6,9H,7-8H2,1-2H3,(H,15,16). The first kappa shape index (κ1) is 15.3. The van der Waals surface area contributed by atoms with E-state index in [0.29, 0.717) is 10.8 Å². The van der Waals surface area contributed by atoms with Crippen molar-refractivity contribution in [3.05, 3.63) is 29.3 Å². The first-order chi connectivity index (χ1) is 9.02. The van der Waals surface area contributed by atoms with Crippen LogP contribution < -0.4 is 10.1 Å². The molecule has 0 heterocycles. The topological polar surface area (TPSA) is 64.6 Å². The lowest BCUT2D eigenvalue weighted by atomic mass is 10.2. The van der Waals surface area contributed by atoms with Gasteiger partial charge in [0.15, 0.2) is 6.61 Å². The second-order valence-electron chi connectivity index (χ2n) is 3.97. The maximum absolute atomic E-state index is 11.6. The highest BCUT2D eigenvalue weighted by molar-refractivity contribution is 6.32. The van der Waals surface area contributed by atoms with Crippen LogP contribution in [0.5, 0.6) is 5.75 Å². The molecule has 1 aromatic carbocycles. The Kier molecular flexibility index (Phi) is 6.15. The minimum Gasteiger partial charge on any atom is -0.482 e. The van der Waals surface area contributed by atoms with Crippen molar-refractivity contribution in [1.82, 2.24) is 5.32 Å². The fraction of sp³-hybridized carbons (Fsp3) is 0.385. The first-order valence-electron chi connectivity index (χ1n) is 5.76. The molecule has 6 heteroatoms. The average Bonchev–Trinajstić information content (AvgIpc) is 2.37. The zero-order valence-corrected chi connectivity index (χ0v) is 11.6. The predicted octanol–water partition coefficient (Wildman–Crippen LogP) is 1.79. The van der Waals surface area contributed by atoms with E-state index in [1.807, 2.05) is 0 Å². The molecule has 0 aliphatic heterocycles. The zero-order valence-electron chi connectivity index (χ0n) is 10.8. The van der Waals surface area contributed by atoms with E-state index >= 15 is 0 Å². The molecule has 19 heavy (non-hydrogen) atoms. The molecule has 0 fully saturated rings. The van der Waals surface area contributed by atoms with Crippen molar-refractivity contribution in [2.45, 2.75) is 19.4 Å². The van der Waals surface area contributed by atoms with E-state index in [-0.39, 0.29) is 30.9 Å². The van der Waals surface area contributed by atoms with E-state index in [2.05, 4.69) is 10.1 Å². The molecule has 0 bridgehead atoms. The molecule has 0 aliphatic rings. The fourth-order valence-corrected chi connectivity index (χ4v) is 1.60. The number of ether oxygens (including phenoxy) is 2. The van der Waals surface area contributed by atoms with Gasteiger partial charge in [-0.05, 0) is 19.1 Å². The lowest BCUT2D eigenvalue weighted by molar-refractivity contribution is -0.141. The number of nitrogens with one attached hydrogen (secondary N) is 1. The Labute approximate surface area is 116 Å². The van der Waals surface area contributed by atoms with Crippen molar-refractivity contribution in [2.75, 3.05) is 13.7 Å². The molecular formula is C13H16ClNO4. The summed E-state index contributed by atoms with van der Waals surface area (Å²) >= 11 is 5.88. The van der Waals surface area contributed by atoms with Gasteiger partial charge in [0.1, 0.15) is 5.75 Å². The van der Waals surface area contributed by atoms with Crippen LogP contribution in [0.1, 0.15) is 13.3 Å². The van der Waals surface area contributed by atoms with Crippen molar-refractivity contribution in [1.29, 1.82) is 0 Å². The predicted molar refractivity (Wildman–Crippen MR) is 71.2 cm³/mol. The number of hydrogen-bond acceptors (Lipinski definition) is 4. The summed E-state index contributed by atoms with van der Waals surface area (Å²) in [4.78, 5) is 22.6. The summed E-state index contributed by atoms with van der Waals surface area (Å²) in [5.41, 5.74) is 0. The number of para-hydroxylation sites is 1. The molecule has 1 N–H and O–H groups in total. The third kappa shape index (κ3) is 5.61. The fourth-order valence-electron chi connectivity index (χ4n) is 1.41. The number of carbonyl (C=O) groups is 2. The van der Waals surface area contributed by atoms with Gasteiger partial charge < -0.3 is 14.8 Å². The van der Waals surface area contributed by atoms with Gasteiger partial charge in [-0.15, -0.1) is 0 Å². The van der Waals surface area contributed by atoms with E-state index < -0.39 is 0 Å². The summed E-state index contributed by atoms with van der Waals surface area (Å²) in [6, 6.07) is 6.57. The van der Waals surface area contributed by atoms with Gasteiger partial charge in [0.2, 0.25) is 0 Å². The van der Waals surface area contributed by atoms with Gasteiger partial charge in [0, 0.05) is 6.04 Å². The minimum absolute atomic E-state index is 0.119. The molecule has 5 nitrogen and oxygen atoms in total. The van der Waals surface area contributed by atoms with Crippen molar-refractivity contribution in [2.24, 2.45) is 0 Å². The van der Waals surface area contributed by atoms with E-state index in [4.69, 9.17) is 16.3 Å². The van der Waals surface area contributed by atoms with Crippen molar-refractivity contribution >= 4 is 23.5 Å². The maximum Gasteiger partial charge on any atom is 0.307 e. The molecule has 1 rings (SSSR count). The van der Waals surface area contributed by atoms with Crippen LogP contribution in [0.4, 0.5) is 0 Å². The van der Waals surface area contributed by atoms with Gasteiger partial charge >= 0.3 is 5.97 Å². The van der Waals surface area contributed by atoms with Gasteiger partial charge in [0.25, 0.3) is 5.91 Å². The number of benzene rings is 1. The second-order valence-corrected chi connectivity index (χ2v) is 4.38. The number of methoxy groups -OCH3 is 1. The summed E-state index contributed by atoms with van der Waals surface area (Å²) in [5, 5.41) is 3.07. The summed E-state index contributed by atoms with van der Waals surface area (Å²) in [6.45, 7) is 1.56. The van der Waals surface area contributed by atoms with E-state index in [1.54, 1.807) is 31.2 Å². The Balaban J connectivity index is 2.36. The SMILES string of the molecule is COC(=O)CC(C)NC(=O)COc1ccccc1Cl. The summed E-state index contributed by atoms with van der Waals surface area (Å²) in [5.74, 6) is -0.254. The number of amides is 1. The quantitative estimate of drug-likeness (QED) is 0.809. The van der Waals surface area contributed by atoms with Crippen LogP contribution in [0.15, 0.2) is 24.3 Å². The third-order valence-electron chi connectivity index (χ3n) is 2.30. The van der Waals surface area contributed by atoms with E-state index in [9.17, 15) is 9.59 Å². The highest BCUT2D eigenvalue weighted by atomic mass is 35.5. The van der Waals surface area contributed by atoms with Crippen LogP contribution in [0.3, 0.4) is 0 Å². The zero-order chi connectivity index (χ0) is 14.3. The molecule has 1 atom stereocenters.